The Morgan fingerprint density at radius 3 is 2.46 bits per heavy atom. The van der Waals surface area contributed by atoms with Crippen LogP contribution in [0.2, 0.25) is 5.02 Å². The first-order valence-electron chi connectivity index (χ1n) is 11.3. The van der Waals surface area contributed by atoms with Gasteiger partial charge >= 0.3 is 0 Å². The van der Waals surface area contributed by atoms with E-state index in [1.54, 1.807) is 72.8 Å². The fourth-order valence-corrected chi connectivity index (χ4v) is 4.48. The van der Waals surface area contributed by atoms with E-state index in [4.69, 9.17) is 28.6 Å². The number of carbonyl (C=O) groups excluding carboxylic acids is 3. The molecule has 1 aliphatic rings. The average Bonchev–Trinajstić information content (AvgIpc) is 3.09. The Balaban J connectivity index is 1.58. The number of thiocarbonyl (C=S) groups is 1. The molecule has 0 aliphatic carbocycles. The minimum Gasteiger partial charge on any atom is -0.494 e. The molecule has 3 aromatic rings. The quantitative estimate of drug-likeness (QED) is 0.346. The molecule has 0 aromatic heterocycles. The number of nitrogens with zero attached hydrogens (tertiary/aromatic N) is 2. The monoisotopic (exact) mass is 600 g/mol. The molecule has 8 nitrogen and oxygen atoms in total. The molecule has 0 saturated carbocycles. The molecule has 0 bridgehead atoms. The Morgan fingerprint density at radius 2 is 1.78 bits per heavy atom. The molecule has 1 fully saturated rings. The fourth-order valence-electron chi connectivity index (χ4n) is 3.72. The normalized spacial score (nSPS) is 15.1. The highest BCUT2D eigenvalue weighted by Crippen LogP contribution is 2.28. The summed E-state index contributed by atoms with van der Waals surface area (Å²) in [5.74, 6) is -0.761. The molecule has 2 N–H and O–H groups in total. The SMILES string of the molecule is CCOc1cccc(NC(=O)CC2C(=O)N(c3ccc(Cl)cc3)C(=S)N2NC(=O)c2ccc(Br)cc2)c1. The molecular weight excluding hydrogens is 580 g/mol. The van der Waals surface area contributed by atoms with E-state index in [-0.39, 0.29) is 11.5 Å². The number of hydrazine groups is 1. The Morgan fingerprint density at radius 1 is 1.08 bits per heavy atom. The molecule has 190 valence electrons. The topological polar surface area (TPSA) is 91.0 Å². The van der Waals surface area contributed by atoms with Gasteiger partial charge in [0.05, 0.1) is 18.7 Å². The van der Waals surface area contributed by atoms with Gasteiger partial charge in [-0.2, -0.15) is 0 Å². The van der Waals surface area contributed by atoms with Gasteiger partial charge in [-0.05, 0) is 79.8 Å². The van der Waals surface area contributed by atoms with E-state index in [1.165, 1.54) is 9.91 Å². The predicted octanol–water partition coefficient (Wildman–Crippen LogP) is 5.18. The van der Waals surface area contributed by atoms with Crippen LogP contribution in [0.5, 0.6) is 5.75 Å². The Bertz CT molecular complexity index is 1340. The molecule has 1 aliphatic heterocycles. The number of nitrogens with one attached hydrogen (secondary N) is 2. The lowest BCUT2D eigenvalue weighted by Gasteiger charge is -2.24. The van der Waals surface area contributed by atoms with E-state index in [9.17, 15) is 14.4 Å². The summed E-state index contributed by atoms with van der Waals surface area (Å²) in [6.07, 6.45) is -0.261. The summed E-state index contributed by atoms with van der Waals surface area (Å²) in [5, 5.41) is 4.57. The third-order valence-electron chi connectivity index (χ3n) is 5.44. The number of hydrogen-bond donors (Lipinski definition) is 2. The highest BCUT2D eigenvalue weighted by molar-refractivity contribution is 9.10. The molecule has 3 amide bonds. The minimum absolute atomic E-state index is 0.0360. The highest BCUT2D eigenvalue weighted by Gasteiger charge is 2.45. The van der Waals surface area contributed by atoms with Crippen LogP contribution in [0, 0.1) is 0 Å². The summed E-state index contributed by atoms with van der Waals surface area (Å²) in [7, 11) is 0. The smallest absolute Gasteiger partial charge is 0.269 e. The highest BCUT2D eigenvalue weighted by atomic mass is 79.9. The zero-order valence-corrected chi connectivity index (χ0v) is 22.8. The van der Waals surface area contributed by atoms with Crippen LogP contribution in [0.3, 0.4) is 0 Å². The van der Waals surface area contributed by atoms with Gasteiger partial charge in [0.25, 0.3) is 11.8 Å². The van der Waals surface area contributed by atoms with E-state index < -0.39 is 23.8 Å². The predicted molar refractivity (Wildman–Crippen MR) is 150 cm³/mol. The van der Waals surface area contributed by atoms with Crippen molar-refractivity contribution in [1.29, 1.82) is 0 Å². The molecule has 1 atom stereocenters. The first-order chi connectivity index (χ1) is 17.8. The summed E-state index contributed by atoms with van der Waals surface area (Å²) < 4.78 is 6.29. The summed E-state index contributed by atoms with van der Waals surface area (Å²) in [6.45, 7) is 2.35. The molecule has 0 spiro atoms. The summed E-state index contributed by atoms with van der Waals surface area (Å²) in [6, 6.07) is 19.1. The first kappa shape index (κ1) is 26.6. The molecule has 3 aromatic carbocycles. The lowest BCUT2D eigenvalue weighted by molar-refractivity contribution is -0.124. The molecule has 1 unspecified atom stereocenters. The van der Waals surface area contributed by atoms with Gasteiger partial charge in [-0.3, -0.25) is 24.7 Å². The van der Waals surface area contributed by atoms with Crippen molar-refractivity contribution in [3.8, 4) is 5.75 Å². The third kappa shape index (κ3) is 6.27. The zero-order chi connectivity index (χ0) is 26.5. The molecule has 37 heavy (non-hydrogen) atoms. The van der Waals surface area contributed by atoms with Crippen molar-refractivity contribution in [3.63, 3.8) is 0 Å². The van der Waals surface area contributed by atoms with Crippen molar-refractivity contribution in [3.05, 3.63) is 87.9 Å². The van der Waals surface area contributed by atoms with Crippen LogP contribution in [-0.2, 0) is 9.59 Å². The largest absolute Gasteiger partial charge is 0.494 e. The standard InChI is InChI=1S/C26H22BrClN4O4S/c1-2-36-21-5-3-4-19(14-21)29-23(33)15-22-25(35)31(20-12-10-18(28)11-13-20)26(37)32(22)30-24(34)16-6-8-17(27)9-7-16/h3-14,22H,2,15H2,1H3,(H,29,33)(H,30,34). The van der Waals surface area contributed by atoms with E-state index >= 15 is 0 Å². The Labute approximate surface area is 232 Å². The second kappa shape index (κ2) is 11.7. The number of ether oxygens (including phenoxy) is 1. The van der Waals surface area contributed by atoms with E-state index in [0.29, 0.717) is 34.3 Å². The number of rotatable bonds is 8. The van der Waals surface area contributed by atoms with Gasteiger partial charge in [0.2, 0.25) is 11.0 Å². The van der Waals surface area contributed by atoms with Crippen LogP contribution in [-0.4, -0.2) is 40.5 Å². The fraction of sp³-hybridized carbons (Fsp3) is 0.154. The van der Waals surface area contributed by atoms with Crippen molar-refractivity contribution in [2.24, 2.45) is 0 Å². The average molecular weight is 602 g/mol. The van der Waals surface area contributed by atoms with Crippen molar-refractivity contribution >= 4 is 74.0 Å². The van der Waals surface area contributed by atoms with Crippen molar-refractivity contribution < 1.29 is 19.1 Å². The lowest BCUT2D eigenvalue weighted by Crippen LogP contribution is -2.49. The number of carbonyl (C=O) groups is 3. The van der Waals surface area contributed by atoms with Gasteiger partial charge in [-0.15, -0.1) is 0 Å². The van der Waals surface area contributed by atoms with Gasteiger partial charge in [0.1, 0.15) is 11.8 Å². The van der Waals surface area contributed by atoms with Crippen LogP contribution in [0.25, 0.3) is 0 Å². The maximum Gasteiger partial charge on any atom is 0.269 e. The maximum absolute atomic E-state index is 13.5. The number of anilines is 2. The van der Waals surface area contributed by atoms with Gasteiger partial charge in [-0.1, -0.05) is 33.6 Å². The maximum atomic E-state index is 13.5. The Hall–Kier alpha value is -3.47. The molecule has 4 rings (SSSR count). The van der Waals surface area contributed by atoms with Gasteiger partial charge < -0.3 is 10.1 Å². The molecule has 1 heterocycles. The van der Waals surface area contributed by atoms with E-state index in [2.05, 4.69) is 26.7 Å². The second-order valence-electron chi connectivity index (χ2n) is 7.98. The van der Waals surface area contributed by atoms with Crippen LogP contribution in [0.15, 0.2) is 77.3 Å². The number of halogens is 2. The first-order valence-corrected chi connectivity index (χ1v) is 12.9. The number of amides is 3. The Kier molecular flexibility index (Phi) is 8.42. The molecule has 11 heteroatoms. The second-order valence-corrected chi connectivity index (χ2v) is 9.70. The molecule has 0 radical (unpaired) electrons. The zero-order valence-electron chi connectivity index (χ0n) is 19.6. The number of benzene rings is 3. The molecule has 1 saturated heterocycles. The summed E-state index contributed by atoms with van der Waals surface area (Å²) in [5.41, 5.74) is 4.05. The minimum atomic E-state index is -1.07. The van der Waals surface area contributed by atoms with E-state index in [1.807, 2.05) is 6.92 Å². The van der Waals surface area contributed by atoms with Crippen molar-refractivity contribution in [2.45, 2.75) is 19.4 Å². The van der Waals surface area contributed by atoms with Crippen molar-refractivity contribution in [1.82, 2.24) is 10.4 Å². The number of hydrogen-bond acceptors (Lipinski definition) is 5. The van der Waals surface area contributed by atoms with Crippen LogP contribution in [0.4, 0.5) is 11.4 Å². The lowest BCUT2D eigenvalue weighted by atomic mass is 10.1. The van der Waals surface area contributed by atoms with Gasteiger partial charge in [-0.25, -0.2) is 5.01 Å². The van der Waals surface area contributed by atoms with Gasteiger partial charge in [0.15, 0.2) is 0 Å². The van der Waals surface area contributed by atoms with Crippen molar-refractivity contribution in [2.75, 3.05) is 16.8 Å². The molecular formula is C26H22BrClN4O4S. The van der Waals surface area contributed by atoms with E-state index in [0.717, 1.165) is 4.47 Å². The van der Waals surface area contributed by atoms with Crippen LogP contribution in [0.1, 0.15) is 23.7 Å². The van der Waals surface area contributed by atoms with Crippen LogP contribution < -0.4 is 20.4 Å². The summed E-state index contributed by atoms with van der Waals surface area (Å²) in [4.78, 5) is 40.8. The summed E-state index contributed by atoms with van der Waals surface area (Å²) >= 11 is 14.9. The van der Waals surface area contributed by atoms with Crippen LogP contribution >= 0.6 is 39.7 Å². The third-order valence-corrected chi connectivity index (χ3v) is 6.60. The van der Waals surface area contributed by atoms with Gasteiger partial charge in [0, 0.05) is 26.8 Å².